The number of nitrogen functional groups attached to an aromatic ring is 1. The monoisotopic (exact) mass is 522 g/mol. The number of benzene rings is 1. The van der Waals surface area contributed by atoms with E-state index in [0.29, 0.717) is 36.3 Å². The summed E-state index contributed by atoms with van der Waals surface area (Å²) in [6.45, 7) is 5.25. The van der Waals surface area contributed by atoms with Gasteiger partial charge in [0.25, 0.3) is 0 Å². The third-order valence-electron chi connectivity index (χ3n) is 8.98. The molecular formula is C27H37F3N4O3. The van der Waals surface area contributed by atoms with Gasteiger partial charge in [0.15, 0.2) is 6.23 Å². The first-order chi connectivity index (χ1) is 17.6. The van der Waals surface area contributed by atoms with E-state index in [1.165, 1.54) is 24.3 Å². The third kappa shape index (κ3) is 5.01. The van der Waals surface area contributed by atoms with Crippen LogP contribution in [0, 0.1) is 5.41 Å². The van der Waals surface area contributed by atoms with Crippen molar-refractivity contribution in [2.45, 2.75) is 95.6 Å². The molecule has 1 aromatic carbocycles. The van der Waals surface area contributed by atoms with Crippen LogP contribution in [0.3, 0.4) is 0 Å². The van der Waals surface area contributed by atoms with E-state index >= 15 is 0 Å². The summed E-state index contributed by atoms with van der Waals surface area (Å²) >= 11 is 0. The number of hydrogen-bond donors (Lipinski definition) is 1. The number of alkyl halides is 3. The molecule has 7 nitrogen and oxygen atoms in total. The number of nitrogens with zero attached hydrogens (tertiary/aromatic N) is 3. The van der Waals surface area contributed by atoms with Crippen molar-refractivity contribution in [3.8, 4) is 0 Å². The van der Waals surface area contributed by atoms with E-state index in [-0.39, 0.29) is 12.3 Å². The average molecular weight is 523 g/mol. The molecule has 3 aliphatic heterocycles. The molecule has 10 heteroatoms. The highest BCUT2D eigenvalue weighted by Crippen LogP contribution is 2.50. The van der Waals surface area contributed by atoms with Crippen LogP contribution in [0.1, 0.15) is 71.1 Å². The number of piperidine rings is 1. The Balaban J connectivity index is 1.34. The zero-order valence-corrected chi connectivity index (χ0v) is 21.4. The van der Waals surface area contributed by atoms with Crippen LogP contribution >= 0.6 is 0 Å². The lowest BCUT2D eigenvalue weighted by Gasteiger charge is -2.39. The van der Waals surface area contributed by atoms with Crippen LogP contribution < -0.4 is 15.5 Å². The number of carbonyl (C=O) groups excluding carboxylic acids is 2. The van der Waals surface area contributed by atoms with Crippen LogP contribution in [0.25, 0.3) is 0 Å². The largest absolute Gasteiger partial charge is 0.491 e. The Labute approximate surface area is 216 Å². The minimum atomic E-state index is -5.13. The number of likely N-dealkylation sites (tertiary alicyclic amines) is 1. The van der Waals surface area contributed by atoms with Gasteiger partial charge in [-0.25, -0.2) is 4.79 Å². The Bertz CT molecular complexity index is 1020. The normalized spacial score (nSPS) is 27.3. The Morgan fingerprint density at radius 2 is 1.76 bits per heavy atom. The Hall–Kier alpha value is -2.49. The van der Waals surface area contributed by atoms with Gasteiger partial charge in [0.1, 0.15) is 0 Å². The van der Waals surface area contributed by atoms with E-state index in [1.807, 2.05) is 6.07 Å². The maximum Gasteiger partial charge on any atom is 0.491 e. The highest BCUT2D eigenvalue weighted by Gasteiger charge is 2.55. The summed E-state index contributed by atoms with van der Waals surface area (Å²) < 4.78 is 44.0. The summed E-state index contributed by atoms with van der Waals surface area (Å²) in [6.07, 6.45) is 2.00. The van der Waals surface area contributed by atoms with Gasteiger partial charge in [-0.1, -0.05) is 19.3 Å². The fourth-order valence-electron chi connectivity index (χ4n) is 7.01. The average Bonchev–Trinajstić information content (AvgIpc) is 3.40. The Kier molecular flexibility index (Phi) is 7.06. The van der Waals surface area contributed by atoms with E-state index in [9.17, 15) is 22.8 Å². The molecule has 1 spiro atoms. The fraction of sp³-hybridized carbons (Fsp3) is 0.704. The SMILES string of the molecule is C[C@H]1CCCN1C1CCN(c2ccc(N3C(=O)C4(CCCCC4)CC3OC(=O)C(F)(F)F)c(N)c2)CC1. The summed E-state index contributed by atoms with van der Waals surface area (Å²) in [5.74, 6) is -2.58. The van der Waals surface area contributed by atoms with E-state index < -0.39 is 23.8 Å². The van der Waals surface area contributed by atoms with Crippen LogP contribution in [0.15, 0.2) is 18.2 Å². The number of ether oxygens (including phenoxy) is 1. The van der Waals surface area contributed by atoms with Crippen molar-refractivity contribution in [2.75, 3.05) is 35.2 Å². The smallest absolute Gasteiger partial charge is 0.434 e. The maximum atomic E-state index is 13.6. The number of carbonyl (C=O) groups is 2. The zero-order valence-electron chi connectivity index (χ0n) is 21.4. The summed E-state index contributed by atoms with van der Waals surface area (Å²) in [5, 5.41) is 0. The van der Waals surface area contributed by atoms with E-state index in [2.05, 4.69) is 16.7 Å². The van der Waals surface area contributed by atoms with Crippen molar-refractivity contribution in [3.05, 3.63) is 18.2 Å². The summed E-state index contributed by atoms with van der Waals surface area (Å²) in [4.78, 5) is 31.5. The molecule has 4 fully saturated rings. The van der Waals surface area contributed by atoms with Gasteiger partial charge in [-0.3, -0.25) is 14.6 Å². The van der Waals surface area contributed by atoms with Crippen molar-refractivity contribution >= 4 is 28.9 Å². The van der Waals surface area contributed by atoms with Crippen LogP contribution in [-0.2, 0) is 14.3 Å². The molecule has 5 rings (SSSR count). The quantitative estimate of drug-likeness (QED) is 0.450. The molecule has 2 atom stereocenters. The second kappa shape index (κ2) is 10.0. The number of halogens is 3. The fourth-order valence-corrected chi connectivity index (χ4v) is 7.01. The van der Waals surface area contributed by atoms with Gasteiger partial charge >= 0.3 is 12.1 Å². The standard InChI is InChI=1S/C27H37F3N4O3/c1-18-6-5-13-33(18)19-9-14-32(15-10-19)20-7-8-22(21(31)16-20)34-23(37-25(36)27(28,29)30)17-26(24(34)35)11-3-2-4-12-26/h7-8,16,18-19,23H,2-6,9-15,17,31H2,1H3/t18-,23?/m0/s1. The topological polar surface area (TPSA) is 79.1 Å². The zero-order chi connectivity index (χ0) is 26.4. The second-order valence-corrected chi connectivity index (χ2v) is 11.3. The first kappa shape index (κ1) is 26.1. The lowest BCUT2D eigenvalue weighted by molar-refractivity contribution is -0.204. The Morgan fingerprint density at radius 1 is 1.05 bits per heavy atom. The summed E-state index contributed by atoms with van der Waals surface area (Å²) in [5.41, 5.74) is 7.13. The molecule has 1 unspecified atom stereocenters. The summed E-state index contributed by atoms with van der Waals surface area (Å²) in [6, 6.07) is 6.56. The molecule has 1 saturated carbocycles. The second-order valence-electron chi connectivity index (χ2n) is 11.3. The third-order valence-corrected chi connectivity index (χ3v) is 8.98. The van der Waals surface area contributed by atoms with Gasteiger partial charge in [0.05, 0.1) is 16.8 Å². The molecule has 0 bridgehead atoms. The summed E-state index contributed by atoms with van der Waals surface area (Å²) in [7, 11) is 0. The highest BCUT2D eigenvalue weighted by molar-refractivity contribution is 6.03. The van der Waals surface area contributed by atoms with Gasteiger partial charge in [-0.2, -0.15) is 13.2 Å². The van der Waals surface area contributed by atoms with Gasteiger partial charge in [0, 0.05) is 37.3 Å². The molecule has 1 amide bonds. The van der Waals surface area contributed by atoms with Crippen molar-refractivity contribution in [1.82, 2.24) is 4.90 Å². The van der Waals surface area contributed by atoms with E-state index in [0.717, 1.165) is 50.9 Å². The minimum absolute atomic E-state index is 0.0529. The van der Waals surface area contributed by atoms with E-state index in [1.54, 1.807) is 12.1 Å². The Morgan fingerprint density at radius 3 is 2.35 bits per heavy atom. The molecule has 204 valence electrons. The lowest BCUT2D eigenvalue weighted by Crippen LogP contribution is -2.46. The number of hydrogen-bond acceptors (Lipinski definition) is 6. The molecule has 37 heavy (non-hydrogen) atoms. The van der Waals surface area contributed by atoms with Gasteiger partial charge in [-0.05, 0) is 70.2 Å². The number of amides is 1. The molecular weight excluding hydrogens is 485 g/mol. The minimum Gasteiger partial charge on any atom is -0.434 e. The van der Waals surface area contributed by atoms with E-state index in [4.69, 9.17) is 10.5 Å². The number of nitrogens with two attached hydrogens (primary N) is 1. The maximum absolute atomic E-state index is 13.6. The van der Waals surface area contributed by atoms with Crippen LogP contribution in [-0.4, -0.2) is 60.9 Å². The number of rotatable bonds is 4. The first-order valence-corrected chi connectivity index (χ1v) is 13.6. The molecule has 1 aliphatic carbocycles. The van der Waals surface area contributed by atoms with Crippen molar-refractivity contribution in [1.29, 1.82) is 0 Å². The van der Waals surface area contributed by atoms with Crippen molar-refractivity contribution in [3.63, 3.8) is 0 Å². The van der Waals surface area contributed by atoms with Crippen LogP contribution in [0.5, 0.6) is 0 Å². The predicted molar refractivity (Wildman–Crippen MR) is 135 cm³/mol. The van der Waals surface area contributed by atoms with Crippen LogP contribution in [0.2, 0.25) is 0 Å². The van der Waals surface area contributed by atoms with Gasteiger partial charge < -0.3 is 15.4 Å². The molecule has 3 saturated heterocycles. The number of anilines is 3. The van der Waals surface area contributed by atoms with Crippen molar-refractivity contribution < 1.29 is 27.5 Å². The molecule has 1 aromatic rings. The van der Waals surface area contributed by atoms with Crippen LogP contribution in [0.4, 0.5) is 30.2 Å². The molecule has 4 aliphatic rings. The van der Waals surface area contributed by atoms with Gasteiger partial charge in [-0.15, -0.1) is 0 Å². The first-order valence-electron chi connectivity index (χ1n) is 13.6. The molecule has 0 aromatic heterocycles. The van der Waals surface area contributed by atoms with Crippen molar-refractivity contribution in [2.24, 2.45) is 5.41 Å². The predicted octanol–water partition coefficient (Wildman–Crippen LogP) is 4.84. The molecule has 3 heterocycles. The highest BCUT2D eigenvalue weighted by atomic mass is 19.4. The van der Waals surface area contributed by atoms with Gasteiger partial charge in [0.2, 0.25) is 5.91 Å². The lowest BCUT2D eigenvalue weighted by atomic mass is 9.73. The molecule has 0 radical (unpaired) electrons. The number of esters is 1. The molecule has 2 N–H and O–H groups in total.